The zero-order chi connectivity index (χ0) is 17.8. The predicted molar refractivity (Wildman–Crippen MR) is 103 cm³/mol. The third-order valence-corrected chi connectivity index (χ3v) is 4.97. The van der Waals surface area contributed by atoms with Crippen LogP contribution < -0.4 is 10.2 Å². The number of thiazole rings is 1. The number of nitrogens with zero attached hydrogens (tertiary/aromatic N) is 3. The molecule has 0 fully saturated rings. The van der Waals surface area contributed by atoms with Crippen LogP contribution in [0.1, 0.15) is 21.7 Å². The lowest BCUT2D eigenvalue weighted by atomic mass is 10.2. The molecule has 5 nitrogen and oxygen atoms in total. The normalized spacial score (nSPS) is 10.7. The van der Waals surface area contributed by atoms with Crippen LogP contribution in [0.2, 0.25) is 0 Å². The van der Waals surface area contributed by atoms with Crippen molar-refractivity contribution in [1.29, 1.82) is 0 Å². The van der Waals surface area contributed by atoms with Gasteiger partial charge in [-0.2, -0.15) is 0 Å². The summed E-state index contributed by atoms with van der Waals surface area (Å²) in [6.45, 7) is 5.29. The molecule has 130 valence electrons. The predicted octanol–water partition coefficient (Wildman–Crippen LogP) is 3.42. The van der Waals surface area contributed by atoms with Crippen molar-refractivity contribution in [2.45, 2.75) is 13.8 Å². The van der Waals surface area contributed by atoms with E-state index in [1.54, 1.807) is 17.5 Å². The summed E-state index contributed by atoms with van der Waals surface area (Å²) in [6.07, 6.45) is 1.78. The minimum Gasteiger partial charge on any atom is -0.373 e. The molecule has 0 aliphatic rings. The Hall–Kier alpha value is -2.60. The lowest BCUT2D eigenvalue weighted by Crippen LogP contribution is -2.33. The highest BCUT2D eigenvalue weighted by Gasteiger charge is 2.17. The molecule has 0 aliphatic carbocycles. The van der Waals surface area contributed by atoms with Gasteiger partial charge in [-0.1, -0.05) is 18.2 Å². The Kier molecular flexibility index (Phi) is 5.19. The molecule has 2 aromatic heterocycles. The maximum Gasteiger partial charge on any atom is 0.253 e. The first-order chi connectivity index (χ1) is 12.1. The van der Waals surface area contributed by atoms with Crippen LogP contribution in [0.25, 0.3) is 5.13 Å². The van der Waals surface area contributed by atoms with E-state index >= 15 is 0 Å². The Bertz CT molecular complexity index is 840. The van der Waals surface area contributed by atoms with Gasteiger partial charge in [0.15, 0.2) is 5.13 Å². The van der Waals surface area contributed by atoms with E-state index in [0.717, 1.165) is 28.8 Å². The van der Waals surface area contributed by atoms with Crippen molar-refractivity contribution < 1.29 is 4.79 Å². The first-order valence-corrected chi connectivity index (χ1v) is 9.09. The van der Waals surface area contributed by atoms with E-state index in [-0.39, 0.29) is 5.91 Å². The van der Waals surface area contributed by atoms with Crippen LogP contribution in [-0.2, 0) is 0 Å². The SMILES string of the molecule is Cc1cc(C(=O)NCCN(C)c2ccccc2)c(C)n1-c1nccs1. The number of anilines is 1. The van der Waals surface area contributed by atoms with E-state index < -0.39 is 0 Å². The molecule has 0 saturated heterocycles. The third-order valence-electron chi connectivity index (χ3n) is 4.22. The lowest BCUT2D eigenvalue weighted by Gasteiger charge is -2.19. The van der Waals surface area contributed by atoms with Crippen molar-refractivity contribution in [3.05, 3.63) is 64.9 Å². The van der Waals surface area contributed by atoms with Gasteiger partial charge in [-0.15, -0.1) is 11.3 Å². The summed E-state index contributed by atoms with van der Waals surface area (Å²) in [5.74, 6) is -0.0441. The van der Waals surface area contributed by atoms with Crippen LogP contribution in [0.5, 0.6) is 0 Å². The number of hydrogen-bond donors (Lipinski definition) is 1. The molecule has 3 rings (SSSR count). The molecule has 6 heteroatoms. The number of amides is 1. The summed E-state index contributed by atoms with van der Waals surface area (Å²) in [7, 11) is 2.02. The van der Waals surface area contributed by atoms with Crippen LogP contribution in [0.3, 0.4) is 0 Å². The first kappa shape index (κ1) is 17.2. The molecular weight excluding hydrogens is 332 g/mol. The Balaban J connectivity index is 1.63. The molecule has 0 radical (unpaired) electrons. The molecular formula is C19H22N4OS. The monoisotopic (exact) mass is 354 g/mol. The highest BCUT2D eigenvalue weighted by Crippen LogP contribution is 2.22. The molecule has 25 heavy (non-hydrogen) atoms. The highest BCUT2D eigenvalue weighted by atomic mass is 32.1. The van der Waals surface area contributed by atoms with Gasteiger partial charge in [0, 0.05) is 48.8 Å². The fourth-order valence-corrected chi connectivity index (χ4v) is 3.61. The van der Waals surface area contributed by atoms with Gasteiger partial charge in [-0.3, -0.25) is 9.36 Å². The Labute approximate surface area is 151 Å². The smallest absolute Gasteiger partial charge is 0.253 e. The van der Waals surface area contributed by atoms with Crippen molar-refractivity contribution in [2.24, 2.45) is 0 Å². The average Bonchev–Trinajstić information content (AvgIpc) is 3.23. The molecule has 0 spiro atoms. The number of likely N-dealkylation sites (N-methyl/N-ethyl adjacent to an activating group) is 1. The summed E-state index contributed by atoms with van der Waals surface area (Å²) >= 11 is 1.56. The topological polar surface area (TPSA) is 50.2 Å². The zero-order valence-corrected chi connectivity index (χ0v) is 15.5. The molecule has 1 aromatic carbocycles. The van der Waals surface area contributed by atoms with E-state index in [1.807, 2.05) is 55.1 Å². The van der Waals surface area contributed by atoms with Gasteiger partial charge in [-0.05, 0) is 32.0 Å². The number of benzene rings is 1. The molecule has 0 bridgehead atoms. The molecule has 3 aromatic rings. The maximum absolute atomic E-state index is 12.6. The van der Waals surface area contributed by atoms with E-state index in [9.17, 15) is 4.79 Å². The second kappa shape index (κ2) is 7.53. The van der Waals surface area contributed by atoms with Gasteiger partial charge >= 0.3 is 0 Å². The van der Waals surface area contributed by atoms with Gasteiger partial charge in [0.05, 0.1) is 5.56 Å². The molecule has 0 saturated carbocycles. The van der Waals surface area contributed by atoms with Crippen LogP contribution in [-0.4, -0.2) is 35.6 Å². The fraction of sp³-hybridized carbons (Fsp3) is 0.263. The largest absolute Gasteiger partial charge is 0.373 e. The van der Waals surface area contributed by atoms with Gasteiger partial charge in [0.2, 0.25) is 0 Å². The molecule has 2 heterocycles. The molecule has 1 N–H and O–H groups in total. The van der Waals surface area contributed by atoms with Crippen LogP contribution in [0, 0.1) is 13.8 Å². The summed E-state index contributed by atoms with van der Waals surface area (Å²) in [5.41, 5.74) is 3.77. The number of nitrogens with one attached hydrogen (secondary N) is 1. The molecule has 0 atom stereocenters. The number of hydrogen-bond acceptors (Lipinski definition) is 4. The first-order valence-electron chi connectivity index (χ1n) is 8.21. The van der Waals surface area contributed by atoms with Crippen molar-refractivity contribution in [3.63, 3.8) is 0 Å². The van der Waals surface area contributed by atoms with E-state index in [0.29, 0.717) is 12.1 Å². The van der Waals surface area contributed by atoms with E-state index in [1.165, 1.54) is 0 Å². The van der Waals surface area contributed by atoms with E-state index in [2.05, 4.69) is 27.3 Å². The minimum atomic E-state index is -0.0441. The second-order valence-electron chi connectivity index (χ2n) is 5.95. The van der Waals surface area contributed by atoms with E-state index in [4.69, 9.17) is 0 Å². The number of aryl methyl sites for hydroxylation is 1. The summed E-state index contributed by atoms with van der Waals surface area (Å²) in [4.78, 5) is 19.0. The van der Waals surface area contributed by atoms with Crippen molar-refractivity contribution in [2.75, 3.05) is 25.0 Å². The molecule has 0 unspecified atom stereocenters. The average molecular weight is 354 g/mol. The fourth-order valence-electron chi connectivity index (χ4n) is 2.86. The number of carbonyl (C=O) groups is 1. The standard InChI is InChI=1S/C19H22N4OS/c1-14-13-17(15(2)23(14)19-21-10-12-25-19)18(24)20-9-11-22(3)16-7-5-4-6-8-16/h4-8,10,12-13H,9,11H2,1-3H3,(H,20,24). The maximum atomic E-state index is 12.6. The second-order valence-corrected chi connectivity index (χ2v) is 6.82. The summed E-state index contributed by atoms with van der Waals surface area (Å²) in [6, 6.07) is 12.1. The Morgan fingerprint density at radius 2 is 2.04 bits per heavy atom. The van der Waals surface area contributed by atoms with Gasteiger partial charge in [0.25, 0.3) is 5.91 Å². The Morgan fingerprint density at radius 1 is 1.28 bits per heavy atom. The number of rotatable bonds is 6. The molecule has 0 aliphatic heterocycles. The third kappa shape index (κ3) is 3.74. The molecule has 1 amide bonds. The van der Waals surface area contributed by atoms with Crippen LogP contribution >= 0.6 is 11.3 Å². The van der Waals surface area contributed by atoms with Crippen LogP contribution in [0.4, 0.5) is 5.69 Å². The number of aromatic nitrogens is 2. The number of carbonyl (C=O) groups excluding carboxylic acids is 1. The quantitative estimate of drug-likeness (QED) is 0.738. The lowest BCUT2D eigenvalue weighted by molar-refractivity contribution is 0.0954. The van der Waals surface area contributed by atoms with Gasteiger partial charge < -0.3 is 10.2 Å². The Morgan fingerprint density at radius 3 is 2.72 bits per heavy atom. The zero-order valence-electron chi connectivity index (χ0n) is 14.7. The van der Waals surface area contributed by atoms with Crippen LogP contribution in [0.15, 0.2) is 48.0 Å². The summed E-state index contributed by atoms with van der Waals surface area (Å²) in [5, 5.41) is 5.84. The van der Waals surface area contributed by atoms with Gasteiger partial charge in [-0.25, -0.2) is 4.98 Å². The van der Waals surface area contributed by atoms with Crippen molar-refractivity contribution >= 4 is 22.9 Å². The summed E-state index contributed by atoms with van der Waals surface area (Å²) < 4.78 is 2.02. The minimum absolute atomic E-state index is 0.0441. The van der Waals surface area contributed by atoms with Crippen molar-refractivity contribution in [3.8, 4) is 5.13 Å². The highest BCUT2D eigenvalue weighted by molar-refractivity contribution is 7.12. The number of para-hydroxylation sites is 1. The van der Waals surface area contributed by atoms with Crippen molar-refractivity contribution in [1.82, 2.24) is 14.9 Å². The van der Waals surface area contributed by atoms with Gasteiger partial charge in [0.1, 0.15) is 0 Å².